The van der Waals surface area contributed by atoms with E-state index in [2.05, 4.69) is 24.1 Å². The Balaban J connectivity index is 1.83. The van der Waals surface area contributed by atoms with Gasteiger partial charge in [0, 0.05) is 22.4 Å². The number of aryl methyl sites for hydroxylation is 2. The third-order valence-corrected chi connectivity index (χ3v) is 7.16. The fraction of sp³-hybridized carbons (Fsp3) is 0.667. The quantitative estimate of drug-likeness (QED) is 0.661. The van der Waals surface area contributed by atoms with Gasteiger partial charge in [-0.25, -0.2) is 19.7 Å². The lowest BCUT2D eigenvalue weighted by Crippen LogP contribution is -2.40. The predicted molar refractivity (Wildman–Crippen MR) is 123 cm³/mol. The molecule has 1 N–H and O–H groups in total. The minimum atomic E-state index is -0.587. The highest BCUT2D eigenvalue weighted by Gasteiger charge is 2.25. The van der Waals surface area contributed by atoms with Gasteiger partial charge in [-0.1, -0.05) is 0 Å². The van der Waals surface area contributed by atoms with Crippen molar-refractivity contribution in [1.29, 1.82) is 0 Å². The van der Waals surface area contributed by atoms with Crippen LogP contribution in [0.2, 0.25) is 0 Å². The van der Waals surface area contributed by atoms with E-state index in [1.165, 1.54) is 23.4 Å². The number of carbonyl (C=O) groups excluding carboxylic acids is 1. The van der Waals surface area contributed by atoms with Crippen LogP contribution in [0.3, 0.4) is 0 Å². The maximum absolute atomic E-state index is 12.9. The summed E-state index contributed by atoms with van der Waals surface area (Å²) in [6, 6.07) is 0. The molecule has 2 heterocycles. The van der Waals surface area contributed by atoms with Crippen LogP contribution >= 0.6 is 21.4 Å². The molecule has 0 aliphatic heterocycles. The number of carbonyl (C=O) groups is 1. The van der Waals surface area contributed by atoms with Crippen LogP contribution in [0.5, 0.6) is 0 Å². The van der Waals surface area contributed by atoms with Crippen molar-refractivity contribution in [2.75, 3.05) is 31.1 Å². The van der Waals surface area contributed by atoms with Gasteiger partial charge < -0.3 is 10.1 Å². The Kier molecular flexibility index (Phi) is 6.75. The maximum Gasteiger partial charge on any atom is 0.255 e. The molecule has 0 spiro atoms. The number of nitrogens with zero attached hydrogens (tertiary/aromatic N) is 3. The normalized spacial score (nSPS) is 15.2. The van der Waals surface area contributed by atoms with E-state index in [1.807, 2.05) is 20.8 Å². The predicted octanol–water partition coefficient (Wildman–Crippen LogP) is 4.08. The van der Waals surface area contributed by atoms with Crippen molar-refractivity contribution in [2.24, 2.45) is 0 Å². The number of hydrogen-bond acceptors (Lipinski definition) is 5. The molecule has 1 aliphatic carbocycles. The molecule has 3 rings (SSSR count). The molecule has 0 atom stereocenters. The summed E-state index contributed by atoms with van der Waals surface area (Å²) in [6.45, 7) is 6.98. The molecule has 8 heteroatoms. The molecular weight excluding hydrogens is 404 g/mol. The first kappa shape index (κ1) is 22.3. The first-order valence-corrected chi connectivity index (χ1v) is 14.0. The largest absolute Gasteiger partial charge is 0.358 e. The van der Waals surface area contributed by atoms with Gasteiger partial charge in [-0.2, -0.15) is 5.10 Å². The van der Waals surface area contributed by atoms with E-state index in [-0.39, 0.29) is 11.4 Å². The highest BCUT2D eigenvalue weighted by molar-refractivity contribution is 8.32. The summed E-state index contributed by atoms with van der Waals surface area (Å²) in [5.41, 5.74) is 2.09. The topological polar surface area (TPSA) is 69.0 Å². The van der Waals surface area contributed by atoms with E-state index < -0.39 is 10.0 Å². The third kappa shape index (κ3) is 6.30. The second kappa shape index (κ2) is 8.78. The molecule has 2 aromatic heterocycles. The van der Waals surface area contributed by atoms with Crippen molar-refractivity contribution >= 4 is 27.3 Å². The number of amides is 1. The average Bonchev–Trinajstić information content (AvgIpc) is 3.20. The van der Waals surface area contributed by atoms with Crippen LogP contribution in [-0.2, 0) is 24.3 Å². The number of nitrogens with one attached hydrogen (secondary N) is 1. The number of ether oxygens (including phenoxy) is 1. The first-order chi connectivity index (χ1) is 13.5. The fourth-order valence-corrected chi connectivity index (χ4v) is 4.91. The Morgan fingerprint density at radius 2 is 2.00 bits per heavy atom. The monoisotopic (exact) mass is 438 g/mol. The number of aromatic nitrogens is 3. The highest BCUT2D eigenvalue weighted by Crippen LogP contribution is 2.34. The molecule has 0 radical (unpaired) electrons. The lowest BCUT2D eigenvalue weighted by Gasteiger charge is -2.24. The zero-order chi connectivity index (χ0) is 21.2. The van der Waals surface area contributed by atoms with Gasteiger partial charge in [0.05, 0.1) is 17.9 Å². The number of rotatable bonds is 7. The Morgan fingerprint density at radius 1 is 1.28 bits per heavy atom. The molecule has 0 saturated heterocycles. The summed E-state index contributed by atoms with van der Waals surface area (Å²) in [4.78, 5) is 19.1. The van der Waals surface area contributed by atoms with E-state index in [4.69, 9.17) is 14.8 Å². The van der Waals surface area contributed by atoms with Crippen molar-refractivity contribution in [1.82, 2.24) is 20.1 Å². The van der Waals surface area contributed by atoms with E-state index in [0.717, 1.165) is 23.6 Å². The third-order valence-electron chi connectivity index (χ3n) is 4.61. The molecule has 1 aliphatic rings. The number of thiazole rings is 1. The second-order valence-corrected chi connectivity index (χ2v) is 15.2. The van der Waals surface area contributed by atoms with Gasteiger partial charge >= 0.3 is 0 Å². The molecule has 0 fully saturated rings. The summed E-state index contributed by atoms with van der Waals surface area (Å²) in [7, 11) is -0.587. The average molecular weight is 439 g/mol. The Hall–Kier alpha value is -1.38. The lowest BCUT2D eigenvalue weighted by atomic mass is 10.0. The molecule has 0 unspecified atom stereocenters. The van der Waals surface area contributed by atoms with Gasteiger partial charge in [0.25, 0.3) is 5.91 Å². The lowest BCUT2D eigenvalue weighted by molar-refractivity contribution is 0.0808. The van der Waals surface area contributed by atoms with Crippen LogP contribution < -0.4 is 5.32 Å². The van der Waals surface area contributed by atoms with E-state index in [9.17, 15) is 4.79 Å². The summed E-state index contributed by atoms with van der Waals surface area (Å²) in [5, 5.41) is 8.59. The Bertz CT molecular complexity index is 836. The van der Waals surface area contributed by atoms with Crippen LogP contribution in [0.25, 0.3) is 10.7 Å². The van der Waals surface area contributed by atoms with Crippen molar-refractivity contribution < 1.29 is 9.53 Å². The fourth-order valence-electron chi connectivity index (χ4n) is 3.14. The summed E-state index contributed by atoms with van der Waals surface area (Å²) >= 11 is 1.68. The van der Waals surface area contributed by atoms with E-state index >= 15 is 0 Å². The van der Waals surface area contributed by atoms with Crippen LogP contribution in [0.1, 0.15) is 54.5 Å². The SMILES string of the molecule is CC(C)(C)NC(=O)c1cn(COCCS(C)(C)C)nc1-c1nc2c(s1)CCCC2. The van der Waals surface area contributed by atoms with Gasteiger partial charge in [0.15, 0.2) is 0 Å². The molecule has 0 bridgehead atoms. The molecule has 0 aromatic carbocycles. The van der Waals surface area contributed by atoms with Crippen LogP contribution in [-0.4, -0.2) is 57.3 Å². The smallest absolute Gasteiger partial charge is 0.255 e. The van der Waals surface area contributed by atoms with Crippen LogP contribution in [0.15, 0.2) is 6.20 Å². The standard InChI is InChI=1S/C21H34N4O2S2/c1-21(2,3)23-19(26)15-13-25(14-27-11-12-29(4,5)6)24-18(15)20-22-16-9-7-8-10-17(16)28-20/h13H,7-12,14H2,1-6H3,(H,23,26). The van der Waals surface area contributed by atoms with Gasteiger partial charge in [-0.3, -0.25) is 4.79 Å². The molecule has 2 aromatic rings. The Morgan fingerprint density at radius 3 is 2.66 bits per heavy atom. The molecule has 6 nitrogen and oxygen atoms in total. The molecule has 0 saturated carbocycles. The van der Waals surface area contributed by atoms with Gasteiger partial charge in [-0.05, 0) is 65.2 Å². The minimum absolute atomic E-state index is 0.119. The van der Waals surface area contributed by atoms with Gasteiger partial charge in [0.2, 0.25) is 0 Å². The summed E-state index contributed by atoms with van der Waals surface area (Å²) in [5.74, 6) is 0.934. The Labute approximate surface area is 179 Å². The summed E-state index contributed by atoms with van der Waals surface area (Å²) in [6.07, 6.45) is 13.1. The zero-order valence-electron chi connectivity index (χ0n) is 18.5. The molecular formula is C21H34N4O2S2. The maximum atomic E-state index is 12.9. The minimum Gasteiger partial charge on any atom is -0.358 e. The van der Waals surface area contributed by atoms with Crippen molar-refractivity contribution in [3.63, 3.8) is 0 Å². The highest BCUT2D eigenvalue weighted by atomic mass is 32.3. The zero-order valence-corrected chi connectivity index (χ0v) is 20.1. The molecule has 162 valence electrons. The molecule has 29 heavy (non-hydrogen) atoms. The van der Waals surface area contributed by atoms with Crippen LogP contribution in [0, 0.1) is 0 Å². The van der Waals surface area contributed by atoms with Gasteiger partial charge in [-0.15, -0.1) is 11.3 Å². The second-order valence-electron chi connectivity index (χ2n) is 9.56. The number of hydrogen-bond donors (Lipinski definition) is 1. The van der Waals surface area contributed by atoms with E-state index in [1.54, 1.807) is 22.2 Å². The van der Waals surface area contributed by atoms with Gasteiger partial charge in [0.1, 0.15) is 17.4 Å². The van der Waals surface area contributed by atoms with Crippen molar-refractivity contribution in [3.05, 3.63) is 22.3 Å². The van der Waals surface area contributed by atoms with Crippen molar-refractivity contribution in [3.8, 4) is 10.7 Å². The summed E-state index contributed by atoms with van der Waals surface area (Å²) < 4.78 is 7.56. The first-order valence-electron chi connectivity index (χ1n) is 10.1. The van der Waals surface area contributed by atoms with Crippen LogP contribution in [0.4, 0.5) is 0 Å². The van der Waals surface area contributed by atoms with Crippen molar-refractivity contribution in [2.45, 2.75) is 58.7 Å². The van der Waals surface area contributed by atoms with E-state index in [0.29, 0.717) is 24.6 Å². The molecule has 1 amide bonds. The number of fused-ring (bicyclic) bond motifs is 1.